The van der Waals surface area contributed by atoms with Crippen molar-refractivity contribution in [2.75, 3.05) is 32.2 Å². The lowest BCUT2D eigenvalue weighted by molar-refractivity contribution is -0.0651. The van der Waals surface area contributed by atoms with E-state index in [-0.39, 0.29) is 29.8 Å². The predicted molar refractivity (Wildman–Crippen MR) is 206 cm³/mol. The van der Waals surface area contributed by atoms with Crippen molar-refractivity contribution in [2.45, 2.75) is 140 Å². The molecule has 0 spiro atoms. The molecule has 18 heteroatoms. The molecule has 1 aliphatic heterocycles. The van der Waals surface area contributed by atoms with Crippen molar-refractivity contribution in [1.29, 1.82) is 5.26 Å². The van der Waals surface area contributed by atoms with Crippen molar-refractivity contribution in [1.82, 2.24) is 24.6 Å². The van der Waals surface area contributed by atoms with E-state index in [9.17, 15) is 24.9 Å². The Hall–Kier alpha value is -3.77. The van der Waals surface area contributed by atoms with E-state index in [1.54, 1.807) is 0 Å². The summed E-state index contributed by atoms with van der Waals surface area (Å²) in [6.07, 6.45) is 18.2. The lowest BCUT2D eigenvalue weighted by Gasteiger charge is -2.24. The number of anilines is 1. The quantitative estimate of drug-likeness (QED) is 0.0356. The number of aliphatic hydroxyl groups is 2. The standard InChI is InChI=1S/C38H57N8O9P/c1-3-4-5-6-7-8-9-10-11-12-13-14-15-16-17-18-21-51-24-30(54-29-22-42-37(41-2)43-23-29)25-52-56(49,50)53-26-32-34(47)35(48)38(27-39,55-32)33-20-19-31-36(40)44-28-45-46(31)33/h19-20,22-23,28,30,32,34-35,47-48H,3-18,21,24-26H2,1H3,(H,49,50)(H2,40,44,45)/t30-,32-,34-,35-,38+/m1/s1. The van der Waals surface area contributed by atoms with Crippen LogP contribution in [0.5, 0.6) is 5.75 Å². The van der Waals surface area contributed by atoms with Crippen molar-refractivity contribution in [3.8, 4) is 11.8 Å². The number of ether oxygens (including phenoxy) is 3. The zero-order chi connectivity index (χ0) is 40.2. The van der Waals surface area contributed by atoms with Gasteiger partial charge in [0.15, 0.2) is 11.6 Å². The fourth-order valence-corrected chi connectivity index (χ4v) is 7.40. The van der Waals surface area contributed by atoms with Crippen LogP contribution in [0.1, 0.15) is 115 Å². The molecule has 6 atom stereocenters. The molecular formula is C38H57N8O9P. The number of rotatable bonds is 28. The Labute approximate surface area is 329 Å². The predicted octanol–water partition coefficient (Wildman–Crippen LogP) is 6.35. The molecule has 3 aromatic heterocycles. The third-order valence-electron chi connectivity index (χ3n) is 9.78. The number of fused-ring (bicyclic) bond motifs is 1. The van der Waals surface area contributed by atoms with Gasteiger partial charge in [-0.25, -0.2) is 14.1 Å². The van der Waals surface area contributed by atoms with Crippen LogP contribution < -0.4 is 10.5 Å². The first kappa shape index (κ1) is 44.9. The number of nitrogens with zero attached hydrogens (tertiary/aromatic N) is 7. The topological polar surface area (TPSA) is 234 Å². The van der Waals surface area contributed by atoms with Gasteiger partial charge in [-0.1, -0.05) is 103 Å². The minimum atomic E-state index is -4.80. The highest BCUT2D eigenvalue weighted by Crippen LogP contribution is 2.46. The van der Waals surface area contributed by atoms with Crippen molar-refractivity contribution in [2.24, 2.45) is 0 Å². The van der Waals surface area contributed by atoms with Gasteiger partial charge in [0.1, 0.15) is 54.7 Å². The molecule has 0 aliphatic carbocycles. The Balaban J connectivity index is 1.18. The van der Waals surface area contributed by atoms with E-state index < -0.39 is 51.1 Å². The Kier molecular flexibility index (Phi) is 18.8. The SMILES string of the molecule is [C-]#[N+]c1ncc(O[C@H](COCCCCCCCCCCCCCCCCCC)COP(=O)(O)OC[C@H]2O[C@@](C#N)(c3ccc4c(N)ncnn34)[C@H](O)[C@@H]2O)cn1. The van der Waals surface area contributed by atoms with Gasteiger partial charge in [0.2, 0.25) is 5.60 Å². The second-order valence-electron chi connectivity index (χ2n) is 14.1. The number of aromatic nitrogens is 5. The maximum Gasteiger partial charge on any atom is 0.472 e. The van der Waals surface area contributed by atoms with E-state index in [1.807, 2.05) is 6.07 Å². The Morgan fingerprint density at radius 1 is 0.964 bits per heavy atom. The summed E-state index contributed by atoms with van der Waals surface area (Å²) in [7, 11) is -4.80. The molecule has 0 radical (unpaired) electrons. The summed E-state index contributed by atoms with van der Waals surface area (Å²) >= 11 is 0. The molecule has 1 unspecified atom stereocenters. The summed E-state index contributed by atoms with van der Waals surface area (Å²) in [4.78, 5) is 25.4. The molecule has 5 N–H and O–H groups in total. The highest BCUT2D eigenvalue weighted by Gasteiger charge is 2.58. The van der Waals surface area contributed by atoms with Gasteiger partial charge in [0, 0.05) is 6.61 Å². The normalized spacial score (nSPS) is 21.1. The number of phosphoric ester groups is 1. The van der Waals surface area contributed by atoms with Crippen LogP contribution in [0.15, 0.2) is 30.9 Å². The lowest BCUT2D eigenvalue weighted by atomic mass is 9.92. The number of hydrogen-bond donors (Lipinski definition) is 4. The third-order valence-corrected chi connectivity index (χ3v) is 10.7. The van der Waals surface area contributed by atoms with E-state index in [0.717, 1.165) is 25.6 Å². The summed E-state index contributed by atoms with van der Waals surface area (Å²) < 4.78 is 42.1. The van der Waals surface area contributed by atoms with Crippen molar-refractivity contribution in [3.63, 3.8) is 0 Å². The summed E-state index contributed by atoms with van der Waals surface area (Å²) in [5.41, 5.74) is 4.19. The highest BCUT2D eigenvalue weighted by atomic mass is 31.2. The van der Waals surface area contributed by atoms with E-state index in [4.69, 9.17) is 35.6 Å². The monoisotopic (exact) mass is 800 g/mol. The Morgan fingerprint density at radius 3 is 2.16 bits per heavy atom. The van der Waals surface area contributed by atoms with Crippen LogP contribution in [-0.2, 0) is 28.7 Å². The molecule has 1 fully saturated rings. The van der Waals surface area contributed by atoms with Gasteiger partial charge < -0.3 is 39.9 Å². The molecule has 3 aromatic rings. The summed E-state index contributed by atoms with van der Waals surface area (Å²) in [5.74, 6) is 0.244. The zero-order valence-corrected chi connectivity index (χ0v) is 33.2. The number of aliphatic hydroxyl groups excluding tert-OH is 2. The fraction of sp³-hybridized carbons (Fsp3) is 0.684. The number of unbranched alkanes of at least 4 members (excludes halogenated alkanes) is 15. The Morgan fingerprint density at radius 2 is 1.57 bits per heavy atom. The largest absolute Gasteiger partial charge is 0.479 e. The summed E-state index contributed by atoms with van der Waals surface area (Å²) in [6, 6.07) is 4.88. The molecule has 56 heavy (non-hydrogen) atoms. The van der Waals surface area contributed by atoms with Gasteiger partial charge in [0.05, 0.1) is 25.5 Å². The molecule has 0 bridgehead atoms. The lowest BCUT2D eigenvalue weighted by Crippen LogP contribution is -2.41. The number of hydrogen-bond acceptors (Lipinski definition) is 14. The average Bonchev–Trinajstić information content (AvgIpc) is 3.75. The van der Waals surface area contributed by atoms with Crippen LogP contribution in [0.2, 0.25) is 0 Å². The van der Waals surface area contributed by atoms with Crippen molar-refractivity contribution >= 4 is 25.1 Å². The molecular weight excluding hydrogens is 743 g/mol. The van der Waals surface area contributed by atoms with Crippen LogP contribution in [0, 0.1) is 17.9 Å². The molecule has 1 aliphatic rings. The molecule has 17 nitrogen and oxygen atoms in total. The third kappa shape index (κ3) is 13.4. The second-order valence-corrected chi connectivity index (χ2v) is 15.6. The van der Waals surface area contributed by atoms with Gasteiger partial charge in [-0.05, 0) is 18.6 Å². The fourth-order valence-electron chi connectivity index (χ4n) is 6.64. The second kappa shape index (κ2) is 23.5. The van der Waals surface area contributed by atoms with Crippen LogP contribution in [0.3, 0.4) is 0 Å². The molecule has 0 amide bonds. The highest BCUT2D eigenvalue weighted by molar-refractivity contribution is 7.47. The molecule has 4 heterocycles. The van der Waals surface area contributed by atoms with Gasteiger partial charge in [-0.2, -0.15) is 20.3 Å². The van der Waals surface area contributed by atoms with Crippen LogP contribution in [0.4, 0.5) is 11.8 Å². The van der Waals surface area contributed by atoms with Gasteiger partial charge in [0.25, 0.3) is 0 Å². The first-order valence-corrected chi connectivity index (χ1v) is 21.2. The van der Waals surface area contributed by atoms with E-state index >= 15 is 0 Å². The maximum atomic E-state index is 13.0. The molecule has 4 rings (SSSR count). The minimum Gasteiger partial charge on any atom is -0.479 e. The summed E-state index contributed by atoms with van der Waals surface area (Å²) in [5, 5.41) is 35.9. The van der Waals surface area contributed by atoms with Crippen LogP contribution >= 0.6 is 7.82 Å². The van der Waals surface area contributed by atoms with Crippen molar-refractivity contribution in [3.05, 3.63) is 48.0 Å². The first-order chi connectivity index (χ1) is 27.1. The van der Waals surface area contributed by atoms with Crippen LogP contribution in [-0.4, -0.2) is 90.5 Å². The first-order valence-electron chi connectivity index (χ1n) is 19.7. The van der Waals surface area contributed by atoms with Crippen molar-refractivity contribution < 1.29 is 42.9 Å². The Bertz CT molecular complexity index is 1740. The molecule has 0 saturated carbocycles. The average molecular weight is 801 g/mol. The van der Waals surface area contributed by atoms with E-state index in [1.165, 1.54) is 113 Å². The molecule has 1 saturated heterocycles. The van der Waals surface area contributed by atoms with E-state index in [2.05, 4.69) is 31.8 Å². The number of phosphoric acid groups is 1. The molecule has 308 valence electrons. The van der Waals surface area contributed by atoms with Gasteiger partial charge >= 0.3 is 13.8 Å². The number of nitrogens with two attached hydrogens (primary N) is 1. The zero-order valence-electron chi connectivity index (χ0n) is 32.3. The maximum absolute atomic E-state index is 13.0. The minimum absolute atomic E-state index is 0.00395. The number of nitrogen functional groups attached to an aromatic ring is 1. The smallest absolute Gasteiger partial charge is 0.472 e. The van der Waals surface area contributed by atoms with Gasteiger partial charge in [-0.3, -0.25) is 9.05 Å². The summed E-state index contributed by atoms with van der Waals surface area (Å²) in [6.45, 7) is 8.60. The van der Waals surface area contributed by atoms with Crippen LogP contribution in [0.25, 0.3) is 10.4 Å². The van der Waals surface area contributed by atoms with E-state index in [0.29, 0.717) is 12.1 Å². The molecule has 0 aromatic carbocycles. The number of nitriles is 1. The van der Waals surface area contributed by atoms with Gasteiger partial charge in [-0.15, -0.1) is 6.57 Å².